The zero-order valence-electron chi connectivity index (χ0n) is 24.8. The number of unbranched alkanes of at least 4 members (excludes halogenated alkanes) is 3. The highest BCUT2D eigenvalue weighted by molar-refractivity contribution is 6.31. The number of anilines is 1. The molecule has 3 aromatic carbocycles. The molecule has 43 heavy (non-hydrogen) atoms. The molecule has 1 amide bonds. The normalized spacial score (nSPS) is 12.5. The highest BCUT2D eigenvalue weighted by Gasteiger charge is 2.36. The van der Waals surface area contributed by atoms with Crippen molar-refractivity contribution < 1.29 is 34.1 Å². The predicted octanol–water partition coefficient (Wildman–Crippen LogP) is 5.49. The van der Waals surface area contributed by atoms with Gasteiger partial charge in [-0.3, -0.25) is 4.79 Å². The number of benzene rings is 3. The number of hydrogen-bond donors (Lipinski definition) is 3. The first-order chi connectivity index (χ1) is 20.7. The number of ether oxygens (including phenoxy) is 2. The van der Waals surface area contributed by atoms with Crippen LogP contribution < -0.4 is 10.2 Å². The molecule has 0 heterocycles. The first kappa shape index (κ1) is 33.8. The molecule has 10 heteroatoms. The van der Waals surface area contributed by atoms with Crippen LogP contribution in [0.2, 0.25) is 5.02 Å². The van der Waals surface area contributed by atoms with Crippen LogP contribution in [-0.4, -0.2) is 73.6 Å². The van der Waals surface area contributed by atoms with Crippen molar-refractivity contribution in [2.45, 2.75) is 57.7 Å². The summed E-state index contributed by atoms with van der Waals surface area (Å²) in [6.07, 6.45) is 1.46. The lowest BCUT2D eigenvalue weighted by Gasteiger charge is -2.24. The molecule has 3 rings (SSSR count). The van der Waals surface area contributed by atoms with Gasteiger partial charge < -0.3 is 29.9 Å². The first-order valence-corrected chi connectivity index (χ1v) is 14.9. The van der Waals surface area contributed by atoms with Crippen molar-refractivity contribution in [1.29, 1.82) is 0 Å². The van der Waals surface area contributed by atoms with E-state index in [1.54, 1.807) is 0 Å². The van der Waals surface area contributed by atoms with Crippen LogP contribution >= 0.6 is 11.6 Å². The minimum Gasteiger partial charge on any atom is -0.480 e. The van der Waals surface area contributed by atoms with Crippen molar-refractivity contribution in [3.8, 4) is 0 Å². The number of carbonyl (C=O) groups is 3. The molecule has 0 fully saturated rings. The number of halogens is 1. The monoisotopic (exact) mass is 612 g/mol. The SMILES string of the molecule is Cc1ccc(N(C)CCCCOC(C(=O)NCCCCCc2ccc3ccccc3c2)C(OCC(=O)O)C(=O)O)cc1Cl. The van der Waals surface area contributed by atoms with Crippen LogP contribution in [0.15, 0.2) is 60.7 Å². The second-order valence-corrected chi connectivity index (χ2v) is 11.0. The molecule has 3 N–H and O–H groups in total. The Kier molecular flexibility index (Phi) is 13.7. The lowest BCUT2D eigenvalue weighted by Crippen LogP contribution is -2.49. The Morgan fingerprint density at radius 2 is 1.65 bits per heavy atom. The smallest absolute Gasteiger partial charge is 0.336 e. The van der Waals surface area contributed by atoms with E-state index in [1.807, 2.05) is 49.2 Å². The van der Waals surface area contributed by atoms with Gasteiger partial charge in [0.25, 0.3) is 5.91 Å². The summed E-state index contributed by atoms with van der Waals surface area (Å²) in [6, 6.07) is 20.5. The fourth-order valence-corrected chi connectivity index (χ4v) is 4.87. The van der Waals surface area contributed by atoms with Gasteiger partial charge in [0.2, 0.25) is 0 Å². The molecule has 232 valence electrons. The number of carboxylic acids is 2. The topological polar surface area (TPSA) is 125 Å². The zero-order chi connectivity index (χ0) is 31.2. The molecular formula is C33H41ClN2O7. The second kappa shape index (κ2) is 17.5. The van der Waals surface area contributed by atoms with Gasteiger partial charge in [0.15, 0.2) is 12.2 Å². The van der Waals surface area contributed by atoms with E-state index in [-0.39, 0.29) is 6.61 Å². The Hall–Kier alpha value is -3.66. The average molecular weight is 613 g/mol. The molecule has 0 spiro atoms. The summed E-state index contributed by atoms with van der Waals surface area (Å²) in [7, 11) is 1.94. The number of carbonyl (C=O) groups excluding carboxylic acids is 1. The van der Waals surface area contributed by atoms with Gasteiger partial charge in [0, 0.05) is 37.5 Å². The fourth-order valence-electron chi connectivity index (χ4n) is 4.70. The Morgan fingerprint density at radius 3 is 2.37 bits per heavy atom. The molecule has 0 saturated heterocycles. The maximum absolute atomic E-state index is 13.0. The van der Waals surface area contributed by atoms with Crippen molar-refractivity contribution in [3.63, 3.8) is 0 Å². The van der Waals surface area contributed by atoms with Crippen LogP contribution in [0, 0.1) is 6.92 Å². The Morgan fingerprint density at radius 1 is 0.884 bits per heavy atom. The molecule has 2 unspecified atom stereocenters. The van der Waals surface area contributed by atoms with Gasteiger partial charge in [0.1, 0.15) is 6.61 Å². The quantitative estimate of drug-likeness (QED) is 0.152. The number of hydrogen-bond acceptors (Lipinski definition) is 6. The molecule has 0 aliphatic heterocycles. The number of amides is 1. The standard InChI is InChI=1S/C33H41ClN2O7/c1-23-13-16-27(21-28(23)34)36(2)18-8-9-19-42-30(31(33(40)41)43-22-29(37)38)32(39)35-17-7-3-4-10-24-14-15-25-11-5-6-12-26(25)20-24/h5-6,11-16,20-21,30-31H,3-4,7-10,17-19,22H2,1-2H3,(H,35,39)(H,37,38)(H,40,41). The molecule has 0 aliphatic carbocycles. The molecule has 9 nitrogen and oxygen atoms in total. The van der Waals surface area contributed by atoms with Crippen LogP contribution in [0.25, 0.3) is 10.8 Å². The Balaban J connectivity index is 1.45. The third kappa shape index (κ3) is 11.2. The van der Waals surface area contributed by atoms with Crippen molar-refractivity contribution in [2.24, 2.45) is 0 Å². The van der Waals surface area contributed by atoms with E-state index in [0.717, 1.165) is 30.5 Å². The lowest BCUT2D eigenvalue weighted by molar-refractivity contribution is -0.172. The summed E-state index contributed by atoms with van der Waals surface area (Å²) in [4.78, 5) is 37.9. The number of nitrogens with zero attached hydrogens (tertiary/aromatic N) is 1. The number of carboxylic acid groups (broad SMARTS) is 2. The summed E-state index contributed by atoms with van der Waals surface area (Å²) in [5.74, 6) is -3.44. The van der Waals surface area contributed by atoms with Gasteiger partial charge in [-0.1, -0.05) is 66.6 Å². The number of rotatable bonds is 19. The van der Waals surface area contributed by atoms with Crippen molar-refractivity contribution in [1.82, 2.24) is 5.32 Å². The van der Waals surface area contributed by atoms with Gasteiger partial charge in [0.05, 0.1) is 0 Å². The van der Waals surface area contributed by atoms with E-state index in [9.17, 15) is 19.5 Å². The van der Waals surface area contributed by atoms with Gasteiger partial charge in [-0.2, -0.15) is 0 Å². The van der Waals surface area contributed by atoms with Crippen LogP contribution in [0.4, 0.5) is 5.69 Å². The minimum atomic E-state index is -1.75. The highest BCUT2D eigenvalue weighted by atomic mass is 35.5. The Bertz CT molecular complexity index is 1370. The number of aryl methyl sites for hydroxylation is 2. The summed E-state index contributed by atoms with van der Waals surface area (Å²) in [5, 5.41) is 24.5. The molecule has 0 bridgehead atoms. The van der Waals surface area contributed by atoms with E-state index in [1.165, 1.54) is 16.3 Å². The molecule has 3 aromatic rings. The molecule has 2 atom stereocenters. The minimum absolute atomic E-state index is 0.104. The first-order valence-electron chi connectivity index (χ1n) is 14.6. The van der Waals surface area contributed by atoms with E-state index in [0.29, 0.717) is 37.4 Å². The zero-order valence-corrected chi connectivity index (χ0v) is 25.5. The van der Waals surface area contributed by atoms with Crippen LogP contribution in [-0.2, 0) is 30.3 Å². The van der Waals surface area contributed by atoms with Gasteiger partial charge >= 0.3 is 11.9 Å². The summed E-state index contributed by atoms with van der Waals surface area (Å²) < 4.78 is 10.7. The summed E-state index contributed by atoms with van der Waals surface area (Å²) in [5.41, 5.74) is 3.22. The van der Waals surface area contributed by atoms with E-state index < -0.39 is 36.7 Å². The van der Waals surface area contributed by atoms with E-state index >= 15 is 0 Å². The van der Waals surface area contributed by atoms with Crippen molar-refractivity contribution in [2.75, 3.05) is 38.3 Å². The lowest BCUT2D eigenvalue weighted by atomic mass is 10.0. The predicted molar refractivity (Wildman–Crippen MR) is 168 cm³/mol. The number of nitrogens with one attached hydrogen (secondary N) is 1. The Labute approximate surface area is 257 Å². The maximum atomic E-state index is 13.0. The maximum Gasteiger partial charge on any atom is 0.336 e. The summed E-state index contributed by atoms with van der Waals surface area (Å²) in [6.45, 7) is 2.21. The third-order valence-electron chi connectivity index (χ3n) is 7.20. The van der Waals surface area contributed by atoms with Crippen LogP contribution in [0.1, 0.15) is 43.2 Å². The van der Waals surface area contributed by atoms with Gasteiger partial charge in [-0.15, -0.1) is 0 Å². The molecule has 0 radical (unpaired) electrons. The third-order valence-corrected chi connectivity index (χ3v) is 7.61. The van der Waals surface area contributed by atoms with Crippen molar-refractivity contribution in [3.05, 3.63) is 76.8 Å². The van der Waals surface area contributed by atoms with E-state index in [2.05, 4.69) is 35.6 Å². The number of fused-ring (bicyclic) bond motifs is 1. The molecular weight excluding hydrogens is 572 g/mol. The average Bonchev–Trinajstić information content (AvgIpc) is 2.98. The highest BCUT2D eigenvalue weighted by Crippen LogP contribution is 2.23. The van der Waals surface area contributed by atoms with Crippen molar-refractivity contribution >= 4 is 45.9 Å². The fraction of sp³-hybridized carbons (Fsp3) is 0.424. The number of aliphatic carboxylic acids is 2. The molecule has 0 aromatic heterocycles. The van der Waals surface area contributed by atoms with Crippen LogP contribution in [0.3, 0.4) is 0 Å². The molecule has 0 saturated carbocycles. The van der Waals surface area contributed by atoms with Gasteiger partial charge in [-0.25, -0.2) is 9.59 Å². The second-order valence-electron chi connectivity index (χ2n) is 10.6. The van der Waals surface area contributed by atoms with E-state index in [4.69, 9.17) is 26.2 Å². The largest absolute Gasteiger partial charge is 0.480 e. The van der Waals surface area contributed by atoms with Crippen LogP contribution in [0.5, 0.6) is 0 Å². The molecule has 0 aliphatic rings. The van der Waals surface area contributed by atoms with Gasteiger partial charge in [-0.05, 0) is 73.1 Å². The summed E-state index contributed by atoms with van der Waals surface area (Å²) >= 11 is 6.23.